The second kappa shape index (κ2) is 17.4. The molecule has 20 heavy (non-hydrogen) atoms. The van der Waals surface area contributed by atoms with E-state index in [1.807, 2.05) is 91.0 Å². The van der Waals surface area contributed by atoms with E-state index in [0.29, 0.717) is 0 Å². The molecule has 0 N–H and O–H groups in total. The van der Waals surface area contributed by atoms with Crippen molar-refractivity contribution in [3.63, 3.8) is 0 Å². The summed E-state index contributed by atoms with van der Waals surface area (Å²) in [7, 11) is 0. The van der Waals surface area contributed by atoms with Gasteiger partial charge in [-0.2, -0.15) is 0 Å². The van der Waals surface area contributed by atoms with Crippen LogP contribution in [0.3, 0.4) is 0 Å². The van der Waals surface area contributed by atoms with E-state index in [2.05, 4.69) is 18.2 Å². The van der Waals surface area contributed by atoms with Crippen LogP contribution in [-0.2, 0) is 0 Å². The van der Waals surface area contributed by atoms with E-state index in [9.17, 15) is 0 Å². The smallest absolute Gasteiger partial charge is 0 e. The topological polar surface area (TPSA) is 0 Å². The molecule has 2 heteroatoms. The normalized spacial score (nSPS) is 7.20. The molecule has 0 amide bonds. The summed E-state index contributed by atoms with van der Waals surface area (Å²) < 4.78 is 0. The van der Waals surface area contributed by atoms with Gasteiger partial charge in [-0.25, -0.2) is 0 Å². The standard InChI is InChI=1S/3C6H5.FH.Sn/c3*1-2-4-6-5-3-1;;/h3*1-5H;1H;. The van der Waals surface area contributed by atoms with Gasteiger partial charge in [-0.3, -0.25) is 4.70 Å². The minimum atomic E-state index is 0. The average molecular weight is 370 g/mol. The Bertz CT molecular complexity index is 302. The van der Waals surface area contributed by atoms with Gasteiger partial charge in [0.05, 0.1) is 0 Å². The van der Waals surface area contributed by atoms with Gasteiger partial charge in [0.2, 0.25) is 0 Å². The van der Waals surface area contributed by atoms with Gasteiger partial charge in [-0.1, -0.05) is 91.0 Å². The summed E-state index contributed by atoms with van der Waals surface area (Å²) in [6.07, 6.45) is 0. The Morgan fingerprint density at radius 3 is 0.600 bits per heavy atom. The molecule has 0 aliphatic carbocycles. The molecule has 0 saturated carbocycles. The number of benzene rings is 3. The number of halogens is 1. The average Bonchev–Trinajstić information content (AvgIpc) is 2.54. The van der Waals surface area contributed by atoms with E-state index < -0.39 is 0 Å². The molecule has 3 aromatic carbocycles. The molecule has 0 bridgehead atoms. The van der Waals surface area contributed by atoms with Gasteiger partial charge < -0.3 is 0 Å². The fourth-order valence-electron chi connectivity index (χ4n) is 1.03. The monoisotopic (exact) mass is 371 g/mol. The van der Waals surface area contributed by atoms with Gasteiger partial charge in [0.15, 0.2) is 0 Å². The molecule has 0 nitrogen and oxygen atoms in total. The molecular formula is C18H16FSn. The SMILES string of the molecule is F.[Sn].[c]1ccccc1.[c]1ccccc1.[c]1ccccc1. The first-order valence-corrected chi connectivity index (χ1v) is 5.73. The zero-order valence-electron chi connectivity index (χ0n) is 11.1. The van der Waals surface area contributed by atoms with Crippen molar-refractivity contribution >= 4 is 23.9 Å². The second-order valence-electron chi connectivity index (χ2n) is 3.23. The maximum Gasteiger partial charge on any atom is 0 e. The van der Waals surface area contributed by atoms with Crippen LogP contribution in [0.25, 0.3) is 0 Å². The minimum absolute atomic E-state index is 0. The van der Waals surface area contributed by atoms with Crippen LogP contribution in [0.5, 0.6) is 0 Å². The number of hydrogen-bond donors (Lipinski definition) is 0. The molecule has 0 atom stereocenters. The summed E-state index contributed by atoms with van der Waals surface area (Å²) in [4.78, 5) is 0. The van der Waals surface area contributed by atoms with Crippen LogP contribution in [0.15, 0.2) is 91.0 Å². The van der Waals surface area contributed by atoms with Crippen molar-refractivity contribution in [3.8, 4) is 0 Å². The van der Waals surface area contributed by atoms with Gasteiger partial charge in [-0.05, 0) is 18.2 Å². The van der Waals surface area contributed by atoms with Crippen molar-refractivity contribution in [3.05, 3.63) is 109 Å². The number of hydrogen-bond acceptors (Lipinski definition) is 0. The van der Waals surface area contributed by atoms with Crippen LogP contribution < -0.4 is 0 Å². The summed E-state index contributed by atoms with van der Waals surface area (Å²) >= 11 is 0. The van der Waals surface area contributed by atoms with E-state index >= 15 is 0 Å². The fourth-order valence-corrected chi connectivity index (χ4v) is 1.03. The van der Waals surface area contributed by atoms with Gasteiger partial charge in [0.1, 0.15) is 0 Å². The third-order valence-corrected chi connectivity index (χ3v) is 1.82. The Morgan fingerprint density at radius 2 is 0.550 bits per heavy atom. The van der Waals surface area contributed by atoms with Crippen LogP contribution in [0.2, 0.25) is 0 Å². The molecule has 0 spiro atoms. The number of rotatable bonds is 0. The molecule has 0 aliphatic heterocycles. The quantitative estimate of drug-likeness (QED) is 0.520. The van der Waals surface area contributed by atoms with E-state index in [1.54, 1.807) is 0 Å². The van der Waals surface area contributed by atoms with Crippen molar-refractivity contribution in [2.45, 2.75) is 0 Å². The Morgan fingerprint density at radius 1 is 0.350 bits per heavy atom. The first-order valence-electron chi connectivity index (χ1n) is 5.73. The molecule has 3 rings (SSSR count). The minimum Gasteiger partial charge on any atom is -0.269 e. The van der Waals surface area contributed by atoms with E-state index in [1.165, 1.54) is 0 Å². The van der Waals surface area contributed by atoms with Crippen molar-refractivity contribution in [2.24, 2.45) is 0 Å². The van der Waals surface area contributed by atoms with Gasteiger partial charge >= 0.3 is 0 Å². The van der Waals surface area contributed by atoms with Gasteiger partial charge in [-0.15, -0.1) is 0 Å². The Kier molecular flexibility index (Phi) is 18.0. The van der Waals surface area contributed by atoms with E-state index in [-0.39, 0.29) is 28.6 Å². The largest absolute Gasteiger partial charge is 0.269 e. The van der Waals surface area contributed by atoms with E-state index in [4.69, 9.17) is 0 Å². The molecule has 7 radical (unpaired) electrons. The summed E-state index contributed by atoms with van der Waals surface area (Å²) in [5.74, 6) is 0. The van der Waals surface area contributed by atoms with Crippen molar-refractivity contribution < 1.29 is 4.70 Å². The van der Waals surface area contributed by atoms with Crippen molar-refractivity contribution in [1.82, 2.24) is 0 Å². The zero-order chi connectivity index (χ0) is 12.7. The maximum atomic E-state index is 2.89. The van der Waals surface area contributed by atoms with E-state index in [0.717, 1.165) is 0 Å². The summed E-state index contributed by atoms with van der Waals surface area (Å²) in [5, 5.41) is 0. The van der Waals surface area contributed by atoms with Crippen LogP contribution in [0.1, 0.15) is 0 Å². The predicted octanol–water partition coefficient (Wildman–Crippen LogP) is 4.23. The second-order valence-corrected chi connectivity index (χ2v) is 3.23. The summed E-state index contributed by atoms with van der Waals surface area (Å²) in [6.45, 7) is 0. The van der Waals surface area contributed by atoms with Crippen LogP contribution in [0.4, 0.5) is 4.70 Å². The molecule has 0 heterocycles. The maximum absolute atomic E-state index is 2.89. The summed E-state index contributed by atoms with van der Waals surface area (Å²) in [5.41, 5.74) is 0. The van der Waals surface area contributed by atoms with Crippen molar-refractivity contribution in [2.75, 3.05) is 0 Å². The molecule has 0 unspecified atom stereocenters. The fraction of sp³-hybridized carbons (Fsp3) is 0. The molecule has 0 fully saturated rings. The summed E-state index contributed by atoms with van der Waals surface area (Å²) in [6, 6.07) is 37.5. The van der Waals surface area contributed by atoms with Crippen LogP contribution in [0, 0.1) is 18.2 Å². The third kappa shape index (κ3) is 14.4. The predicted molar refractivity (Wildman–Crippen MR) is 84.1 cm³/mol. The molecule has 0 saturated heterocycles. The first kappa shape index (κ1) is 20.7. The van der Waals surface area contributed by atoms with Crippen LogP contribution >= 0.6 is 0 Å². The Hall–Kier alpha value is -1.61. The van der Waals surface area contributed by atoms with Crippen molar-refractivity contribution in [1.29, 1.82) is 0 Å². The molecule has 99 valence electrons. The Labute approximate surface area is 137 Å². The van der Waals surface area contributed by atoms with Crippen LogP contribution in [-0.4, -0.2) is 23.9 Å². The van der Waals surface area contributed by atoms with Gasteiger partial charge in [0, 0.05) is 23.9 Å². The molecule has 0 aliphatic rings. The zero-order valence-corrected chi connectivity index (χ0v) is 13.9. The molecule has 0 aromatic heterocycles. The third-order valence-electron chi connectivity index (χ3n) is 1.82. The molecule has 3 aromatic rings. The Balaban J connectivity index is 0. The first-order chi connectivity index (χ1) is 9.00. The van der Waals surface area contributed by atoms with Gasteiger partial charge in [0.25, 0.3) is 0 Å². The molecular weight excluding hydrogens is 354 g/mol.